The Kier molecular flexibility index (Phi) is 4.85. The van der Waals surface area contributed by atoms with Crippen molar-refractivity contribution < 1.29 is 19.4 Å². The minimum atomic E-state index is -1.08. The van der Waals surface area contributed by atoms with Crippen molar-refractivity contribution in [1.82, 2.24) is 9.97 Å². The van der Waals surface area contributed by atoms with E-state index in [1.807, 2.05) is 6.07 Å². The highest BCUT2D eigenvalue weighted by molar-refractivity contribution is 7.20. The van der Waals surface area contributed by atoms with Crippen LogP contribution in [0, 0.1) is 6.92 Å². The molecule has 2 aromatic heterocycles. The summed E-state index contributed by atoms with van der Waals surface area (Å²) in [6.45, 7) is 3.62. The topological polar surface area (TPSA) is 109 Å². The number of thiophene rings is 1. The average Bonchev–Trinajstić information content (AvgIpc) is 2.92. The van der Waals surface area contributed by atoms with Gasteiger partial charge in [-0.25, -0.2) is 14.6 Å². The molecule has 2 heterocycles. The highest BCUT2D eigenvalue weighted by atomic mass is 32.1. The van der Waals surface area contributed by atoms with Gasteiger partial charge in [0.25, 0.3) is 5.56 Å². The number of carbonyl (C=O) groups excluding carboxylic acids is 1. The van der Waals surface area contributed by atoms with Gasteiger partial charge in [-0.15, -0.1) is 11.3 Å². The summed E-state index contributed by atoms with van der Waals surface area (Å²) in [6.07, 6.45) is 0.303. The molecule has 0 saturated heterocycles. The van der Waals surface area contributed by atoms with Gasteiger partial charge in [-0.3, -0.25) is 4.79 Å². The first kappa shape index (κ1) is 17.8. The molecule has 0 aliphatic heterocycles. The Morgan fingerprint density at radius 3 is 2.81 bits per heavy atom. The first-order valence-electron chi connectivity index (χ1n) is 7.92. The van der Waals surface area contributed by atoms with Gasteiger partial charge in [0.05, 0.1) is 17.6 Å². The fraction of sp³-hybridized carbons (Fsp3) is 0.222. The number of aromatic amines is 1. The quantitative estimate of drug-likeness (QED) is 0.667. The molecule has 7 nitrogen and oxygen atoms in total. The van der Waals surface area contributed by atoms with Crippen molar-refractivity contribution in [3.8, 4) is 0 Å². The maximum Gasteiger partial charge on any atom is 0.346 e. The van der Waals surface area contributed by atoms with Crippen LogP contribution in [-0.2, 0) is 11.2 Å². The number of hydrogen-bond donors (Lipinski definition) is 2. The number of carboxylic acids is 1. The lowest BCUT2D eigenvalue weighted by Gasteiger charge is -2.05. The van der Waals surface area contributed by atoms with Crippen LogP contribution < -0.4 is 5.56 Å². The van der Waals surface area contributed by atoms with Gasteiger partial charge in [0.15, 0.2) is 0 Å². The minimum absolute atomic E-state index is 0.111. The van der Waals surface area contributed by atoms with E-state index in [2.05, 4.69) is 9.97 Å². The van der Waals surface area contributed by atoms with Crippen molar-refractivity contribution in [2.75, 3.05) is 6.61 Å². The largest absolute Gasteiger partial charge is 0.477 e. The molecule has 0 atom stereocenters. The molecule has 0 bridgehead atoms. The van der Waals surface area contributed by atoms with Crippen LogP contribution in [0.3, 0.4) is 0 Å². The fourth-order valence-corrected chi connectivity index (χ4v) is 3.73. The van der Waals surface area contributed by atoms with Crippen LogP contribution in [0.2, 0.25) is 0 Å². The van der Waals surface area contributed by atoms with E-state index >= 15 is 0 Å². The Hall–Kier alpha value is -3.00. The molecule has 0 unspecified atom stereocenters. The van der Waals surface area contributed by atoms with Crippen molar-refractivity contribution in [2.24, 2.45) is 0 Å². The summed E-state index contributed by atoms with van der Waals surface area (Å²) < 4.78 is 4.98. The summed E-state index contributed by atoms with van der Waals surface area (Å²) in [7, 11) is 0. The number of H-pyrrole nitrogens is 1. The summed E-state index contributed by atoms with van der Waals surface area (Å²) in [5.74, 6) is -1.08. The molecule has 26 heavy (non-hydrogen) atoms. The Bertz CT molecular complexity index is 1070. The third-order valence-corrected chi connectivity index (χ3v) is 5.03. The van der Waals surface area contributed by atoms with Crippen molar-refractivity contribution in [1.29, 1.82) is 0 Å². The van der Waals surface area contributed by atoms with E-state index in [1.54, 1.807) is 32.0 Å². The van der Waals surface area contributed by atoms with Gasteiger partial charge >= 0.3 is 11.9 Å². The summed E-state index contributed by atoms with van der Waals surface area (Å²) in [4.78, 5) is 43.0. The molecule has 3 aromatic rings. The summed E-state index contributed by atoms with van der Waals surface area (Å²) >= 11 is 0.981. The predicted octanol–water partition coefficient (Wildman–Crippen LogP) is 2.76. The molecule has 0 aliphatic carbocycles. The summed E-state index contributed by atoms with van der Waals surface area (Å²) in [6, 6.07) is 6.89. The normalized spacial score (nSPS) is 10.8. The van der Waals surface area contributed by atoms with Crippen molar-refractivity contribution in [3.63, 3.8) is 0 Å². The molecule has 0 spiro atoms. The van der Waals surface area contributed by atoms with Crippen molar-refractivity contribution >= 4 is 33.5 Å². The SMILES string of the molecule is CCOC(=O)c1cccc(Cc2nc3sc(C(=O)O)c(C)c3c(=O)[nH]2)c1. The zero-order valence-electron chi connectivity index (χ0n) is 14.2. The van der Waals surface area contributed by atoms with Gasteiger partial charge in [0.2, 0.25) is 0 Å². The molecular weight excluding hydrogens is 356 g/mol. The fourth-order valence-electron chi connectivity index (χ4n) is 2.69. The molecular formula is C18H16N2O5S. The molecule has 3 rings (SSSR count). The number of aromatic carboxylic acids is 1. The Morgan fingerprint density at radius 1 is 1.35 bits per heavy atom. The Balaban J connectivity index is 1.97. The Labute approximate surface area is 152 Å². The maximum absolute atomic E-state index is 12.4. The molecule has 0 aliphatic rings. The smallest absolute Gasteiger partial charge is 0.346 e. The monoisotopic (exact) mass is 372 g/mol. The number of carbonyl (C=O) groups is 2. The predicted molar refractivity (Wildman–Crippen MR) is 97.1 cm³/mol. The zero-order valence-corrected chi connectivity index (χ0v) is 15.0. The van der Waals surface area contributed by atoms with Crippen LogP contribution >= 0.6 is 11.3 Å². The van der Waals surface area contributed by atoms with Gasteiger partial charge in [-0.05, 0) is 37.1 Å². The molecule has 0 radical (unpaired) electrons. The molecule has 1 aromatic carbocycles. The number of ether oxygens (including phenoxy) is 1. The average molecular weight is 372 g/mol. The lowest BCUT2D eigenvalue weighted by molar-refractivity contribution is 0.0525. The lowest BCUT2D eigenvalue weighted by Crippen LogP contribution is -2.12. The van der Waals surface area contributed by atoms with Crippen LogP contribution in [0.1, 0.15) is 43.9 Å². The second kappa shape index (κ2) is 7.09. The zero-order chi connectivity index (χ0) is 18.8. The first-order valence-corrected chi connectivity index (χ1v) is 8.74. The first-order chi connectivity index (χ1) is 12.4. The second-order valence-electron chi connectivity index (χ2n) is 5.65. The molecule has 2 N–H and O–H groups in total. The van der Waals surface area contributed by atoms with Gasteiger partial charge in [0, 0.05) is 6.42 Å². The number of benzene rings is 1. The van der Waals surface area contributed by atoms with Crippen LogP contribution in [0.5, 0.6) is 0 Å². The van der Waals surface area contributed by atoms with Crippen LogP contribution in [0.4, 0.5) is 0 Å². The second-order valence-corrected chi connectivity index (χ2v) is 6.65. The number of hydrogen-bond acceptors (Lipinski definition) is 6. The Morgan fingerprint density at radius 2 is 2.12 bits per heavy atom. The molecule has 134 valence electrons. The van der Waals surface area contributed by atoms with Gasteiger partial charge < -0.3 is 14.8 Å². The highest BCUT2D eigenvalue weighted by Gasteiger charge is 2.18. The molecule has 0 amide bonds. The highest BCUT2D eigenvalue weighted by Crippen LogP contribution is 2.27. The van der Waals surface area contributed by atoms with E-state index in [0.717, 1.165) is 16.9 Å². The molecule has 0 saturated carbocycles. The van der Waals surface area contributed by atoms with Crippen LogP contribution in [-0.4, -0.2) is 33.6 Å². The van der Waals surface area contributed by atoms with E-state index in [4.69, 9.17) is 4.74 Å². The third-order valence-electron chi connectivity index (χ3n) is 3.85. The van der Waals surface area contributed by atoms with Gasteiger partial charge in [-0.2, -0.15) is 0 Å². The van der Waals surface area contributed by atoms with E-state index in [-0.39, 0.29) is 17.0 Å². The van der Waals surface area contributed by atoms with Gasteiger partial charge in [-0.1, -0.05) is 12.1 Å². The maximum atomic E-state index is 12.4. The summed E-state index contributed by atoms with van der Waals surface area (Å²) in [5.41, 5.74) is 1.26. The number of nitrogens with one attached hydrogen (secondary N) is 1. The van der Waals surface area contributed by atoms with E-state index < -0.39 is 11.9 Å². The lowest BCUT2D eigenvalue weighted by atomic mass is 10.1. The van der Waals surface area contributed by atoms with E-state index in [1.165, 1.54) is 0 Å². The van der Waals surface area contributed by atoms with E-state index in [0.29, 0.717) is 33.6 Å². The molecule has 0 fully saturated rings. The number of rotatable bonds is 5. The van der Waals surface area contributed by atoms with Crippen molar-refractivity contribution in [2.45, 2.75) is 20.3 Å². The number of aryl methyl sites for hydroxylation is 1. The van der Waals surface area contributed by atoms with Crippen molar-refractivity contribution in [3.05, 3.63) is 62.0 Å². The van der Waals surface area contributed by atoms with Gasteiger partial charge in [0.1, 0.15) is 15.5 Å². The van der Waals surface area contributed by atoms with Crippen LogP contribution in [0.15, 0.2) is 29.1 Å². The van der Waals surface area contributed by atoms with Crippen LogP contribution in [0.25, 0.3) is 10.2 Å². The number of aromatic nitrogens is 2. The standard InChI is InChI=1S/C18H16N2O5S/c1-3-25-18(24)11-6-4-5-10(7-11)8-12-19-15(21)13-9(2)14(17(22)23)26-16(13)20-12/h4-7H,3,8H2,1-2H3,(H,22,23)(H,19,20,21). The summed E-state index contributed by atoms with van der Waals surface area (Å²) in [5, 5.41) is 9.52. The minimum Gasteiger partial charge on any atom is -0.477 e. The molecule has 8 heteroatoms. The number of esters is 1. The number of nitrogens with zero attached hydrogens (tertiary/aromatic N) is 1. The number of fused-ring (bicyclic) bond motifs is 1. The third kappa shape index (κ3) is 3.36. The number of carboxylic acid groups (broad SMARTS) is 1. The van der Waals surface area contributed by atoms with E-state index in [9.17, 15) is 19.5 Å².